The first kappa shape index (κ1) is 22.4. The number of nitrogens with zero attached hydrogens (tertiary/aromatic N) is 1. The van der Waals surface area contributed by atoms with Gasteiger partial charge in [-0.1, -0.05) is 71.6 Å². The van der Waals surface area contributed by atoms with Gasteiger partial charge < -0.3 is 9.59 Å². The maximum Gasteiger partial charge on any atom is 0.359 e. The van der Waals surface area contributed by atoms with Gasteiger partial charge in [0.25, 0.3) is 0 Å². The van der Waals surface area contributed by atoms with Crippen LogP contribution in [0.25, 0.3) is 0 Å². The first-order valence-corrected chi connectivity index (χ1v) is 9.71. The van der Waals surface area contributed by atoms with E-state index in [-0.39, 0.29) is 12.7 Å². The number of carbonyl (C=O) groups is 1. The summed E-state index contributed by atoms with van der Waals surface area (Å²) in [7, 11) is 3.99. The molecule has 0 saturated carbocycles. The molecule has 0 amide bonds. The van der Waals surface area contributed by atoms with Crippen LogP contribution in [0.2, 0.25) is 0 Å². The van der Waals surface area contributed by atoms with Crippen molar-refractivity contribution in [1.82, 2.24) is 5.32 Å². The van der Waals surface area contributed by atoms with Crippen LogP contribution in [0.1, 0.15) is 84.5 Å². The normalized spacial score (nSPS) is 13.2. The number of carboxylic acids is 1. The molecule has 0 rings (SSSR count). The van der Waals surface area contributed by atoms with Crippen LogP contribution in [0.3, 0.4) is 0 Å². The third kappa shape index (κ3) is 12.5. The molecule has 0 aliphatic heterocycles. The average Bonchev–Trinajstić information content (AvgIpc) is 2.47. The molecule has 0 fully saturated rings. The van der Waals surface area contributed by atoms with Gasteiger partial charge in [0.2, 0.25) is 0 Å². The van der Waals surface area contributed by atoms with E-state index in [0.29, 0.717) is 4.48 Å². The van der Waals surface area contributed by atoms with Crippen molar-refractivity contribution in [1.29, 1.82) is 0 Å². The van der Waals surface area contributed by atoms with Crippen molar-refractivity contribution >= 4 is 5.97 Å². The fourth-order valence-corrected chi connectivity index (χ4v) is 3.23. The molecule has 4 nitrogen and oxygen atoms in total. The molecular weight excluding hydrogens is 288 g/mol. The monoisotopic (exact) mass is 329 g/mol. The van der Waals surface area contributed by atoms with Gasteiger partial charge in [-0.2, -0.15) is 0 Å². The van der Waals surface area contributed by atoms with E-state index in [4.69, 9.17) is 5.11 Å². The summed E-state index contributed by atoms with van der Waals surface area (Å²) in [6.07, 6.45) is 14.7. The van der Waals surface area contributed by atoms with Crippen LogP contribution >= 0.6 is 0 Å². The topological polar surface area (TPSA) is 49.3 Å². The molecule has 0 aliphatic rings. The summed E-state index contributed by atoms with van der Waals surface area (Å²) in [4.78, 5) is 11.0. The first-order valence-electron chi connectivity index (χ1n) is 9.71. The maximum absolute atomic E-state index is 11.0. The summed E-state index contributed by atoms with van der Waals surface area (Å²) < 4.78 is 0.504. The number of likely N-dealkylation sites (N-methyl/N-ethyl adjacent to an activating group) is 1. The van der Waals surface area contributed by atoms with E-state index in [0.717, 1.165) is 13.0 Å². The molecule has 23 heavy (non-hydrogen) atoms. The minimum atomic E-state index is -0.728. The standard InChI is InChI=1S/C19H40N2O2/c1-5-7-8-9-10-11-12-13-14-15-16-20-18(6-2)21(3,4)17-19(22)23/h18,20H,5-17H2,1-4H3/p+1. The van der Waals surface area contributed by atoms with Crippen molar-refractivity contribution < 1.29 is 14.4 Å². The van der Waals surface area contributed by atoms with E-state index in [9.17, 15) is 4.79 Å². The van der Waals surface area contributed by atoms with Crippen LogP contribution < -0.4 is 5.32 Å². The van der Waals surface area contributed by atoms with Gasteiger partial charge in [0.05, 0.1) is 14.1 Å². The molecule has 4 heteroatoms. The number of unbranched alkanes of at least 4 members (excludes halogenated alkanes) is 9. The summed E-state index contributed by atoms with van der Waals surface area (Å²) in [5.41, 5.74) is 0. The van der Waals surface area contributed by atoms with Gasteiger partial charge in [0, 0.05) is 13.0 Å². The number of aliphatic carboxylic acids is 1. The summed E-state index contributed by atoms with van der Waals surface area (Å²) in [6.45, 7) is 5.55. The number of hydrogen-bond acceptors (Lipinski definition) is 2. The molecule has 1 atom stereocenters. The largest absolute Gasteiger partial charge is 0.477 e. The Morgan fingerprint density at radius 3 is 1.83 bits per heavy atom. The van der Waals surface area contributed by atoms with E-state index in [1.54, 1.807) is 0 Å². The lowest BCUT2D eigenvalue weighted by Gasteiger charge is -2.36. The summed E-state index contributed by atoms with van der Waals surface area (Å²) >= 11 is 0. The Kier molecular flexibility index (Phi) is 13.4. The summed E-state index contributed by atoms with van der Waals surface area (Å²) in [5, 5.41) is 12.6. The van der Waals surface area contributed by atoms with Gasteiger partial charge in [-0.05, 0) is 6.42 Å². The van der Waals surface area contributed by atoms with Crippen LogP contribution in [0.15, 0.2) is 0 Å². The van der Waals surface area contributed by atoms with E-state index < -0.39 is 5.97 Å². The molecule has 0 aromatic heterocycles. The second-order valence-electron chi connectivity index (χ2n) is 7.39. The molecular formula is C19H41N2O2+. The Morgan fingerprint density at radius 2 is 1.39 bits per heavy atom. The van der Waals surface area contributed by atoms with Gasteiger partial charge in [-0.3, -0.25) is 5.32 Å². The van der Waals surface area contributed by atoms with E-state index in [1.807, 2.05) is 14.1 Å². The van der Waals surface area contributed by atoms with Gasteiger partial charge in [0.1, 0.15) is 6.17 Å². The Hall–Kier alpha value is -0.610. The second-order valence-corrected chi connectivity index (χ2v) is 7.39. The van der Waals surface area contributed by atoms with E-state index in [2.05, 4.69) is 19.2 Å². The van der Waals surface area contributed by atoms with E-state index in [1.165, 1.54) is 64.2 Å². The number of nitrogens with one attached hydrogen (secondary N) is 1. The average molecular weight is 330 g/mol. The number of carboxylic acid groups (broad SMARTS) is 1. The molecule has 138 valence electrons. The molecule has 0 heterocycles. The van der Waals surface area contributed by atoms with Crippen molar-refractivity contribution in [3.05, 3.63) is 0 Å². The van der Waals surface area contributed by atoms with Crippen LogP contribution in [-0.4, -0.2) is 48.9 Å². The molecule has 0 saturated heterocycles. The molecule has 0 aromatic rings. The lowest BCUT2D eigenvalue weighted by Crippen LogP contribution is -2.58. The fraction of sp³-hybridized carbons (Fsp3) is 0.947. The van der Waals surface area contributed by atoms with E-state index >= 15 is 0 Å². The summed E-state index contributed by atoms with van der Waals surface area (Å²) in [5.74, 6) is -0.728. The highest BCUT2D eigenvalue weighted by Crippen LogP contribution is 2.11. The quantitative estimate of drug-likeness (QED) is 0.251. The smallest absolute Gasteiger partial charge is 0.359 e. The second kappa shape index (κ2) is 13.8. The Morgan fingerprint density at radius 1 is 0.913 bits per heavy atom. The van der Waals surface area contributed by atoms with Crippen molar-refractivity contribution in [3.8, 4) is 0 Å². The third-order valence-electron chi connectivity index (χ3n) is 4.68. The Bertz CT molecular complexity index is 293. The zero-order valence-electron chi connectivity index (χ0n) is 16.1. The van der Waals surface area contributed by atoms with Crippen molar-refractivity contribution in [2.24, 2.45) is 0 Å². The highest BCUT2D eigenvalue weighted by molar-refractivity contribution is 5.67. The minimum absolute atomic E-state index is 0.170. The van der Waals surface area contributed by atoms with Gasteiger partial charge >= 0.3 is 5.97 Å². The summed E-state index contributed by atoms with van der Waals surface area (Å²) in [6, 6.07) is 0. The van der Waals surface area contributed by atoms with Gasteiger partial charge in [-0.25, -0.2) is 4.79 Å². The predicted molar refractivity (Wildman–Crippen MR) is 98.5 cm³/mol. The van der Waals surface area contributed by atoms with Crippen LogP contribution in [0.4, 0.5) is 0 Å². The zero-order chi connectivity index (χ0) is 17.6. The highest BCUT2D eigenvalue weighted by Gasteiger charge is 2.28. The number of rotatable bonds is 16. The SMILES string of the molecule is CCCCCCCCCCCCNC(CC)[N+](C)(C)CC(=O)O. The lowest BCUT2D eigenvalue weighted by molar-refractivity contribution is -0.911. The highest BCUT2D eigenvalue weighted by atomic mass is 16.4. The first-order chi connectivity index (χ1) is 10.9. The third-order valence-corrected chi connectivity index (χ3v) is 4.68. The predicted octanol–water partition coefficient (Wildman–Crippen LogP) is 4.39. The Labute approximate surface area is 144 Å². The molecule has 0 aliphatic carbocycles. The van der Waals surface area contributed by atoms with Crippen LogP contribution in [0.5, 0.6) is 0 Å². The maximum atomic E-state index is 11.0. The molecule has 0 bridgehead atoms. The van der Waals surface area contributed by atoms with Crippen LogP contribution in [-0.2, 0) is 4.79 Å². The number of quaternary nitrogens is 1. The molecule has 0 aromatic carbocycles. The molecule has 1 unspecified atom stereocenters. The van der Waals surface area contributed by atoms with Crippen molar-refractivity contribution in [2.45, 2.75) is 90.6 Å². The Balaban J connectivity index is 3.60. The molecule has 2 N–H and O–H groups in total. The lowest BCUT2D eigenvalue weighted by atomic mass is 10.1. The van der Waals surface area contributed by atoms with Gasteiger partial charge in [0.15, 0.2) is 6.54 Å². The van der Waals surface area contributed by atoms with Gasteiger partial charge in [-0.15, -0.1) is 0 Å². The zero-order valence-corrected chi connectivity index (χ0v) is 16.1. The van der Waals surface area contributed by atoms with Crippen LogP contribution in [0, 0.1) is 0 Å². The van der Waals surface area contributed by atoms with Crippen molar-refractivity contribution in [2.75, 3.05) is 27.2 Å². The number of hydrogen-bond donors (Lipinski definition) is 2. The fourth-order valence-electron chi connectivity index (χ4n) is 3.23. The minimum Gasteiger partial charge on any atom is -0.477 e. The molecule has 0 spiro atoms. The van der Waals surface area contributed by atoms with Crippen molar-refractivity contribution in [3.63, 3.8) is 0 Å². The molecule has 0 radical (unpaired) electrons.